The van der Waals surface area contributed by atoms with Gasteiger partial charge in [0, 0.05) is 31.8 Å². The molecule has 0 unspecified atom stereocenters. The molecule has 0 amide bonds. The number of aryl methyl sites for hydroxylation is 1. The molecule has 0 spiro atoms. The molecule has 0 bridgehead atoms. The summed E-state index contributed by atoms with van der Waals surface area (Å²) in [7, 11) is 1.97. The highest BCUT2D eigenvalue weighted by molar-refractivity contribution is 5.09. The van der Waals surface area contributed by atoms with Gasteiger partial charge < -0.3 is 14.2 Å². The Morgan fingerprint density at radius 2 is 2.29 bits per heavy atom. The first-order valence-corrected chi connectivity index (χ1v) is 4.51. The van der Waals surface area contributed by atoms with Crippen LogP contribution < -0.4 is 0 Å². The summed E-state index contributed by atoms with van der Waals surface area (Å²) in [6.07, 6.45) is 7.58. The molecule has 0 aliphatic rings. The van der Waals surface area contributed by atoms with Gasteiger partial charge in [0.1, 0.15) is 5.82 Å². The van der Waals surface area contributed by atoms with Crippen molar-refractivity contribution in [2.45, 2.75) is 13.2 Å². The fourth-order valence-electron chi connectivity index (χ4n) is 1.39. The van der Waals surface area contributed by atoms with Crippen molar-refractivity contribution >= 4 is 0 Å². The lowest BCUT2D eigenvalue weighted by Gasteiger charge is -2.02. The van der Waals surface area contributed by atoms with Gasteiger partial charge in [-0.15, -0.1) is 0 Å². The number of rotatable bonds is 3. The summed E-state index contributed by atoms with van der Waals surface area (Å²) >= 11 is 0. The minimum absolute atomic E-state index is 0.0908. The van der Waals surface area contributed by atoms with E-state index in [0.29, 0.717) is 0 Å². The Hall–Kier alpha value is -1.55. The van der Waals surface area contributed by atoms with Crippen molar-refractivity contribution < 1.29 is 5.11 Å². The fourth-order valence-corrected chi connectivity index (χ4v) is 1.39. The normalized spacial score (nSPS) is 10.7. The number of imidazole rings is 1. The van der Waals surface area contributed by atoms with E-state index in [4.69, 9.17) is 5.11 Å². The summed E-state index contributed by atoms with van der Waals surface area (Å²) in [6, 6.07) is 1.91. The van der Waals surface area contributed by atoms with Crippen LogP contribution in [0.1, 0.15) is 11.4 Å². The number of aliphatic hydroxyl groups is 1. The topological polar surface area (TPSA) is 43.0 Å². The van der Waals surface area contributed by atoms with Crippen LogP contribution in [-0.2, 0) is 20.2 Å². The molecule has 4 nitrogen and oxygen atoms in total. The molecular formula is C10H13N3O. The Kier molecular flexibility index (Phi) is 2.37. The standard InChI is InChI=1S/C10H13N3O/c1-12-5-3-11-10(12)7-13-4-2-9(6-13)8-14/h2-6,14H,7-8H2,1H3. The molecule has 0 fully saturated rings. The van der Waals surface area contributed by atoms with Gasteiger partial charge in [-0.25, -0.2) is 4.98 Å². The predicted octanol–water partition coefficient (Wildman–Crippen LogP) is 0.762. The minimum Gasteiger partial charge on any atom is -0.392 e. The number of hydrogen-bond donors (Lipinski definition) is 1. The van der Waals surface area contributed by atoms with Crippen LogP contribution in [0.3, 0.4) is 0 Å². The number of hydrogen-bond acceptors (Lipinski definition) is 2. The first kappa shape index (κ1) is 9.02. The molecule has 4 heteroatoms. The van der Waals surface area contributed by atoms with Crippen LogP contribution >= 0.6 is 0 Å². The van der Waals surface area contributed by atoms with Crippen molar-refractivity contribution in [1.29, 1.82) is 0 Å². The summed E-state index contributed by atoms with van der Waals surface area (Å²) in [5, 5.41) is 8.90. The molecule has 0 radical (unpaired) electrons. The van der Waals surface area contributed by atoms with Gasteiger partial charge >= 0.3 is 0 Å². The summed E-state index contributed by atoms with van der Waals surface area (Å²) in [5.74, 6) is 1.00. The van der Waals surface area contributed by atoms with Crippen LogP contribution in [0.25, 0.3) is 0 Å². The van der Waals surface area contributed by atoms with Gasteiger partial charge in [0.05, 0.1) is 13.2 Å². The molecule has 0 aliphatic carbocycles. The van der Waals surface area contributed by atoms with Gasteiger partial charge in [0.15, 0.2) is 0 Å². The summed E-state index contributed by atoms with van der Waals surface area (Å²) in [5.41, 5.74) is 0.930. The molecular weight excluding hydrogens is 178 g/mol. The molecule has 2 rings (SSSR count). The monoisotopic (exact) mass is 191 g/mol. The van der Waals surface area contributed by atoms with E-state index in [1.807, 2.05) is 40.8 Å². The lowest BCUT2D eigenvalue weighted by molar-refractivity contribution is 0.281. The maximum Gasteiger partial charge on any atom is 0.128 e. The molecule has 2 heterocycles. The van der Waals surface area contributed by atoms with E-state index in [9.17, 15) is 0 Å². The largest absolute Gasteiger partial charge is 0.392 e. The van der Waals surface area contributed by atoms with E-state index < -0.39 is 0 Å². The zero-order valence-corrected chi connectivity index (χ0v) is 8.09. The lowest BCUT2D eigenvalue weighted by Crippen LogP contribution is -2.03. The maximum atomic E-state index is 8.90. The van der Waals surface area contributed by atoms with E-state index in [0.717, 1.165) is 17.9 Å². The van der Waals surface area contributed by atoms with Crippen LogP contribution in [0, 0.1) is 0 Å². The number of aliphatic hydroxyl groups excluding tert-OH is 1. The predicted molar refractivity (Wildman–Crippen MR) is 52.7 cm³/mol. The average Bonchev–Trinajstić information content (AvgIpc) is 2.77. The van der Waals surface area contributed by atoms with Crippen LogP contribution in [0.5, 0.6) is 0 Å². The molecule has 1 N–H and O–H groups in total. The van der Waals surface area contributed by atoms with Gasteiger partial charge in [-0.05, 0) is 11.6 Å². The molecule has 74 valence electrons. The first-order chi connectivity index (χ1) is 6.79. The SMILES string of the molecule is Cn1ccnc1Cn1ccc(CO)c1. The highest BCUT2D eigenvalue weighted by atomic mass is 16.3. The Balaban J connectivity index is 2.15. The van der Waals surface area contributed by atoms with Crippen molar-refractivity contribution in [2.75, 3.05) is 0 Å². The molecule has 2 aromatic rings. The van der Waals surface area contributed by atoms with Gasteiger partial charge in [0.25, 0.3) is 0 Å². The van der Waals surface area contributed by atoms with Crippen molar-refractivity contribution in [3.63, 3.8) is 0 Å². The zero-order chi connectivity index (χ0) is 9.97. The first-order valence-electron chi connectivity index (χ1n) is 4.51. The summed E-state index contributed by atoms with van der Waals surface area (Å²) in [6.45, 7) is 0.830. The van der Waals surface area contributed by atoms with E-state index in [1.54, 1.807) is 6.20 Å². The number of aromatic nitrogens is 3. The zero-order valence-electron chi connectivity index (χ0n) is 8.09. The Labute approximate surface area is 82.4 Å². The quantitative estimate of drug-likeness (QED) is 0.778. The second kappa shape index (κ2) is 3.67. The van der Waals surface area contributed by atoms with E-state index in [1.165, 1.54) is 0 Å². The van der Waals surface area contributed by atoms with E-state index in [-0.39, 0.29) is 6.61 Å². The van der Waals surface area contributed by atoms with Gasteiger partial charge in [-0.1, -0.05) is 0 Å². The van der Waals surface area contributed by atoms with Crippen molar-refractivity contribution in [3.8, 4) is 0 Å². The second-order valence-electron chi connectivity index (χ2n) is 3.30. The van der Waals surface area contributed by atoms with Crippen LogP contribution in [0.15, 0.2) is 30.9 Å². The third-order valence-electron chi connectivity index (χ3n) is 2.24. The Morgan fingerprint density at radius 3 is 2.86 bits per heavy atom. The van der Waals surface area contributed by atoms with E-state index >= 15 is 0 Å². The third-order valence-corrected chi connectivity index (χ3v) is 2.24. The van der Waals surface area contributed by atoms with Crippen molar-refractivity contribution in [2.24, 2.45) is 7.05 Å². The van der Waals surface area contributed by atoms with Gasteiger partial charge in [-0.2, -0.15) is 0 Å². The Morgan fingerprint density at radius 1 is 1.43 bits per heavy atom. The van der Waals surface area contributed by atoms with Crippen LogP contribution in [0.2, 0.25) is 0 Å². The van der Waals surface area contributed by atoms with Crippen molar-refractivity contribution in [3.05, 3.63) is 42.2 Å². The summed E-state index contributed by atoms with van der Waals surface area (Å²) in [4.78, 5) is 4.23. The van der Waals surface area contributed by atoms with Gasteiger partial charge in [-0.3, -0.25) is 0 Å². The second-order valence-corrected chi connectivity index (χ2v) is 3.30. The molecule has 0 atom stereocenters. The molecule has 14 heavy (non-hydrogen) atoms. The van der Waals surface area contributed by atoms with Crippen LogP contribution in [0.4, 0.5) is 0 Å². The lowest BCUT2D eigenvalue weighted by atomic mass is 10.4. The van der Waals surface area contributed by atoms with Crippen LogP contribution in [-0.4, -0.2) is 19.2 Å². The summed E-state index contributed by atoms with van der Waals surface area (Å²) < 4.78 is 3.99. The highest BCUT2D eigenvalue weighted by Gasteiger charge is 2.00. The minimum atomic E-state index is 0.0908. The fraction of sp³-hybridized carbons (Fsp3) is 0.300. The smallest absolute Gasteiger partial charge is 0.128 e. The third kappa shape index (κ3) is 1.70. The molecule has 0 aliphatic heterocycles. The average molecular weight is 191 g/mol. The Bertz CT molecular complexity index is 416. The molecule has 2 aromatic heterocycles. The molecule has 0 aromatic carbocycles. The highest BCUT2D eigenvalue weighted by Crippen LogP contribution is 2.04. The number of nitrogens with zero attached hydrogens (tertiary/aromatic N) is 3. The van der Waals surface area contributed by atoms with E-state index in [2.05, 4.69) is 4.98 Å². The molecule has 0 saturated heterocycles. The van der Waals surface area contributed by atoms with Gasteiger partial charge in [0.2, 0.25) is 0 Å². The maximum absolute atomic E-state index is 8.90. The van der Waals surface area contributed by atoms with Crippen molar-refractivity contribution in [1.82, 2.24) is 14.1 Å². The molecule has 0 saturated carbocycles.